The van der Waals surface area contributed by atoms with Crippen LogP contribution in [0.4, 0.5) is 0 Å². The standard InChI is InChI=1S/C18H37NO2/c1-5-7-16-8-9-17(19-10-6-2)18(13-16)21-12-11-20-14-15(3)4/h15-19H,5-14H2,1-4H3. The molecule has 0 aromatic heterocycles. The van der Waals surface area contributed by atoms with E-state index in [0.717, 1.165) is 32.3 Å². The molecule has 3 nitrogen and oxygen atoms in total. The summed E-state index contributed by atoms with van der Waals surface area (Å²) in [5.41, 5.74) is 0. The lowest BCUT2D eigenvalue weighted by atomic mass is 9.81. The fourth-order valence-electron chi connectivity index (χ4n) is 3.21. The normalized spacial score (nSPS) is 26.4. The van der Waals surface area contributed by atoms with Gasteiger partial charge in [0.1, 0.15) is 0 Å². The first-order chi connectivity index (χ1) is 10.2. The summed E-state index contributed by atoms with van der Waals surface area (Å²) in [4.78, 5) is 0. The Kier molecular flexibility index (Phi) is 10.3. The first kappa shape index (κ1) is 18.9. The first-order valence-corrected chi connectivity index (χ1v) is 9.10. The van der Waals surface area contributed by atoms with Crippen LogP contribution in [0.3, 0.4) is 0 Å². The maximum absolute atomic E-state index is 6.16. The van der Waals surface area contributed by atoms with Gasteiger partial charge in [0.2, 0.25) is 0 Å². The van der Waals surface area contributed by atoms with E-state index in [9.17, 15) is 0 Å². The highest BCUT2D eigenvalue weighted by molar-refractivity contribution is 4.85. The molecule has 0 radical (unpaired) electrons. The van der Waals surface area contributed by atoms with Crippen molar-refractivity contribution in [3.8, 4) is 0 Å². The van der Waals surface area contributed by atoms with E-state index in [4.69, 9.17) is 9.47 Å². The lowest BCUT2D eigenvalue weighted by Crippen LogP contribution is -2.46. The van der Waals surface area contributed by atoms with Gasteiger partial charge >= 0.3 is 0 Å². The van der Waals surface area contributed by atoms with Crippen LogP contribution in [-0.4, -0.2) is 38.5 Å². The monoisotopic (exact) mass is 299 g/mol. The third-order valence-corrected chi connectivity index (χ3v) is 4.26. The molecule has 0 aromatic rings. The summed E-state index contributed by atoms with van der Waals surface area (Å²) in [5.74, 6) is 1.46. The average Bonchev–Trinajstić information content (AvgIpc) is 2.46. The Morgan fingerprint density at radius 1 is 1.10 bits per heavy atom. The Hall–Kier alpha value is -0.120. The maximum atomic E-state index is 6.16. The topological polar surface area (TPSA) is 30.5 Å². The minimum Gasteiger partial charge on any atom is -0.379 e. The van der Waals surface area contributed by atoms with Gasteiger partial charge in [0.05, 0.1) is 19.3 Å². The SMILES string of the molecule is CCCNC1CCC(CCC)CC1OCCOCC(C)C. The molecule has 1 fully saturated rings. The maximum Gasteiger partial charge on any atom is 0.0731 e. The molecule has 0 aliphatic heterocycles. The van der Waals surface area contributed by atoms with Gasteiger partial charge in [-0.05, 0) is 44.1 Å². The van der Waals surface area contributed by atoms with Gasteiger partial charge < -0.3 is 14.8 Å². The van der Waals surface area contributed by atoms with Gasteiger partial charge in [0, 0.05) is 12.6 Å². The van der Waals surface area contributed by atoms with Crippen LogP contribution in [0.15, 0.2) is 0 Å². The number of rotatable bonds is 11. The molecule has 21 heavy (non-hydrogen) atoms. The highest BCUT2D eigenvalue weighted by Crippen LogP contribution is 2.30. The number of hydrogen-bond acceptors (Lipinski definition) is 3. The second-order valence-electron chi connectivity index (χ2n) is 6.91. The molecule has 3 unspecified atom stereocenters. The van der Waals surface area contributed by atoms with E-state index in [1.165, 1.54) is 38.5 Å². The van der Waals surface area contributed by atoms with Crippen LogP contribution in [0.2, 0.25) is 0 Å². The molecule has 0 saturated heterocycles. The smallest absolute Gasteiger partial charge is 0.0731 e. The molecule has 126 valence electrons. The molecule has 1 aliphatic rings. The van der Waals surface area contributed by atoms with Crippen LogP contribution in [-0.2, 0) is 9.47 Å². The van der Waals surface area contributed by atoms with Crippen LogP contribution in [0.5, 0.6) is 0 Å². The van der Waals surface area contributed by atoms with Crippen molar-refractivity contribution in [2.75, 3.05) is 26.4 Å². The molecular weight excluding hydrogens is 262 g/mol. The van der Waals surface area contributed by atoms with Gasteiger partial charge in [-0.2, -0.15) is 0 Å². The molecule has 3 atom stereocenters. The number of ether oxygens (including phenoxy) is 2. The molecule has 3 heteroatoms. The molecule has 0 bridgehead atoms. The number of hydrogen-bond donors (Lipinski definition) is 1. The highest BCUT2D eigenvalue weighted by Gasteiger charge is 2.30. The third-order valence-electron chi connectivity index (χ3n) is 4.26. The molecule has 0 spiro atoms. The Labute approximate surface area is 132 Å². The Morgan fingerprint density at radius 3 is 2.57 bits per heavy atom. The Balaban J connectivity index is 2.31. The second-order valence-corrected chi connectivity index (χ2v) is 6.91. The van der Waals surface area contributed by atoms with Crippen molar-refractivity contribution in [3.05, 3.63) is 0 Å². The first-order valence-electron chi connectivity index (χ1n) is 9.10. The summed E-state index contributed by atoms with van der Waals surface area (Å²) in [5, 5.41) is 3.68. The van der Waals surface area contributed by atoms with Crippen molar-refractivity contribution in [3.63, 3.8) is 0 Å². The summed E-state index contributed by atoms with van der Waals surface area (Å²) >= 11 is 0. The predicted octanol–water partition coefficient (Wildman–Crippen LogP) is 4.01. The van der Waals surface area contributed by atoms with Crippen molar-refractivity contribution in [1.29, 1.82) is 0 Å². The minimum atomic E-state index is 0.379. The van der Waals surface area contributed by atoms with Crippen molar-refractivity contribution in [2.24, 2.45) is 11.8 Å². The predicted molar refractivity (Wildman–Crippen MR) is 89.7 cm³/mol. The van der Waals surface area contributed by atoms with Crippen molar-refractivity contribution in [1.82, 2.24) is 5.32 Å². The fourth-order valence-corrected chi connectivity index (χ4v) is 3.21. The van der Waals surface area contributed by atoms with E-state index < -0.39 is 0 Å². The number of nitrogens with one attached hydrogen (secondary N) is 1. The molecule has 0 aromatic carbocycles. The lowest BCUT2D eigenvalue weighted by molar-refractivity contribution is -0.0394. The van der Waals surface area contributed by atoms with E-state index >= 15 is 0 Å². The zero-order valence-electron chi connectivity index (χ0n) is 14.7. The largest absolute Gasteiger partial charge is 0.379 e. The Morgan fingerprint density at radius 2 is 1.90 bits per heavy atom. The van der Waals surface area contributed by atoms with Gasteiger partial charge in [-0.1, -0.05) is 40.5 Å². The summed E-state index contributed by atoms with van der Waals surface area (Å²) < 4.78 is 11.8. The zero-order valence-corrected chi connectivity index (χ0v) is 14.7. The summed E-state index contributed by atoms with van der Waals surface area (Å²) in [7, 11) is 0. The van der Waals surface area contributed by atoms with Gasteiger partial charge in [0.15, 0.2) is 0 Å². The van der Waals surface area contributed by atoms with Crippen LogP contribution >= 0.6 is 0 Å². The van der Waals surface area contributed by atoms with Crippen LogP contribution in [0.25, 0.3) is 0 Å². The van der Waals surface area contributed by atoms with E-state index in [1.807, 2.05) is 0 Å². The van der Waals surface area contributed by atoms with Gasteiger partial charge in [-0.3, -0.25) is 0 Å². The highest BCUT2D eigenvalue weighted by atomic mass is 16.5. The summed E-state index contributed by atoms with van der Waals surface area (Å²) in [6.07, 6.45) is 8.07. The van der Waals surface area contributed by atoms with Gasteiger partial charge in [-0.15, -0.1) is 0 Å². The third kappa shape index (κ3) is 8.18. The fraction of sp³-hybridized carbons (Fsp3) is 1.00. The molecule has 1 aliphatic carbocycles. The minimum absolute atomic E-state index is 0.379. The van der Waals surface area contributed by atoms with Crippen molar-refractivity contribution < 1.29 is 9.47 Å². The summed E-state index contributed by atoms with van der Waals surface area (Å²) in [6, 6.07) is 0.545. The molecule has 0 heterocycles. The second kappa shape index (κ2) is 11.4. The van der Waals surface area contributed by atoms with E-state index in [0.29, 0.717) is 18.1 Å². The van der Waals surface area contributed by atoms with Gasteiger partial charge in [-0.25, -0.2) is 0 Å². The van der Waals surface area contributed by atoms with Crippen molar-refractivity contribution in [2.45, 2.75) is 78.4 Å². The Bertz CT molecular complexity index is 245. The van der Waals surface area contributed by atoms with E-state index in [1.54, 1.807) is 0 Å². The molecule has 1 N–H and O–H groups in total. The average molecular weight is 299 g/mol. The van der Waals surface area contributed by atoms with E-state index in [2.05, 4.69) is 33.0 Å². The van der Waals surface area contributed by atoms with Crippen LogP contribution in [0.1, 0.15) is 66.2 Å². The van der Waals surface area contributed by atoms with Crippen molar-refractivity contribution >= 4 is 0 Å². The van der Waals surface area contributed by atoms with Crippen LogP contribution < -0.4 is 5.32 Å². The quantitative estimate of drug-likeness (QED) is 0.585. The summed E-state index contributed by atoms with van der Waals surface area (Å²) in [6.45, 7) is 12.3. The molecule has 1 rings (SSSR count). The molecule has 1 saturated carbocycles. The molecular formula is C18H37NO2. The van der Waals surface area contributed by atoms with Gasteiger partial charge in [0.25, 0.3) is 0 Å². The van der Waals surface area contributed by atoms with Crippen LogP contribution in [0, 0.1) is 11.8 Å². The van der Waals surface area contributed by atoms with E-state index in [-0.39, 0.29) is 0 Å². The lowest BCUT2D eigenvalue weighted by Gasteiger charge is -2.36. The zero-order chi connectivity index (χ0) is 15.5. The molecule has 0 amide bonds.